The smallest absolute Gasteiger partial charge is 0.409 e. The van der Waals surface area contributed by atoms with Crippen molar-refractivity contribution in [2.24, 2.45) is 0 Å². The first-order chi connectivity index (χ1) is 21.8. The van der Waals surface area contributed by atoms with Crippen LogP contribution in [-0.2, 0) is 27.8 Å². The zero-order valence-electron chi connectivity index (χ0n) is 25.9. The fourth-order valence-corrected chi connectivity index (χ4v) is 7.37. The molecular formula is C36H41N3O5S. The number of carbonyl (C=O) groups excluding carboxylic acids is 1. The number of hydrogen-bond donors (Lipinski definition) is 0. The Morgan fingerprint density at radius 2 is 1.31 bits per heavy atom. The Morgan fingerprint density at radius 3 is 1.82 bits per heavy atom. The predicted octanol–water partition coefficient (Wildman–Crippen LogP) is 6.58. The molecule has 0 saturated carbocycles. The number of amides is 1. The minimum absolute atomic E-state index is 0.0184. The van der Waals surface area contributed by atoms with Crippen LogP contribution >= 0.6 is 0 Å². The molecule has 45 heavy (non-hydrogen) atoms. The highest BCUT2D eigenvalue weighted by atomic mass is 32.2. The van der Waals surface area contributed by atoms with Gasteiger partial charge in [-0.3, -0.25) is 9.21 Å². The van der Waals surface area contributed by atoms with Gasteiger partial charge in [0.2, 0.25) is 0 Å². The van der Waals surface area contributed by atoms with Crippen LogP contribution in [0.5, 0.6) is 5.75 Å². The van der Waals surface area contributed by atoms with Gasteiger partial charge in [-0.1, -0.05) is 78.9 Å². The average Bonchev–Trinajstić information content (AvgIpc) is 3.08. The van der Waals surface area contributed by atoms with Crippen LogP contribution in [0.3, 0.4) is 0 Å². The predicted molar refractivity (Wildman–Crippen MR) is 177 cm³/mol. The van der Waals surface area contributed by atoms with Gasteiger partial charge in [0.25, 0.3) is 10.0 Å². The molecule has 1 saturated heterocycles. The number of para-hydroxylation sites is 1. The molecule has 0 bridgehead atoms. The number of carbonyl (C=O) groups is 1. The van der Waals surface area contributed by atoms with E-state index in [1.807, 2.05) is 54.6 Å². The summed E-state index contributed by atoms with van der Waals surface area (Å²) in [5.74, 6) is 0.588. The minimum atomic E-state index is -3.86. The molecule has 1 heterocycles. The van der Waals surface area contributed by atoms with Crippen molar-refractivity contribution in [3.63, 3.8) is 0 Å². The molecule has 4 aromatic carbocycles. The fraction of sp³-hybridized carbons (Fsp3) is 0.306. The van der Waals surface area contributed by atoms with Gasteiger partial charge in [-0.2, -0.15) is 0 Å². The van der Waals surface area contributed by atoms with Crippen molar-refractivity contribution in [2.45, 2.75) is 49.8 Å². The first-order valence-corrected chi connectivity index (χ1v) is 16.8. The van der Waals surface area contributed by atoms with E-state index in [1.54, 1.807) is 48.4 Å². The van der Waals surface area contributed by atoms with E-state index < -0.39 is 10.0 Å². The third-order valence-corrected chi connectivity index (χ3v) is 10.1. The Balaban J connectivity index is 1.22. The molecule has 5 rings (SSSR count). The highest BCUT2D eigenvalue weighted by Gasteiger charge is 2.35. The molecule has 4 aromatic rings. The molecule has 1 atom stereocenters. The standard InChI is InChI=1S/C36H41N3O5S/c1-29(38(26-30-12-6-3-7-13-30)27-31-14-8-4-9-15-31)28-44-36(40)37-24-22-33(23-25-37)39(32-16-10-5-11-17-32)45(41,42)35-20-18-34(43-2)19-21-35/h3-21,29,33H,22-28H2,1-2H3/t29-/m0/s1. The largest absolute Gasteiger partial charge is 0.497 e. The van der Waals surface area contributed by atoms with Crippen molar-refractivity contribution < 1.29 is 22.7 Å². The van der Waals surface area contributed by atoms with Crippen LogP contribution in [0.2, 0.25) is 0 Å². The van der Waals surface area contributed by atoms with Crippen molar-refractivity contribution in [3.05, 3.63) is 126 Å². The van der Waals surface area contributed by atoms with E-state index in [1.165, 1.54) is 15.4 Å². The second-order valence-electron chi connectivity index (χ2n) is 11.3. The molecule has 0 unspecified atom stereocenters. The molecule has 0 spiro atoms. The Kier molecular flexibility index (Phi) is 10.8. The highest BCUT2D eigenvalue weighted by molar-refractivity contribution is 7.92. The van der Waals surface area contributed by atoms with Crippen LogP contribution in [0.4, 0.5) is 10.5 Å². The molecule has 0 radical (unpaired) electrons. The van der Waals surface area contributed by atoms with E-state index in [-0.39, 0.29) is 29.7 Å². The molecule has 1 aliphatic rings. The van der Waals surface area contributed by atoms with Gasteiger partial charge in [-0.05, 0) is 67.3 Å². The molecule has 9 heteroatoms. The lowest BCUT2D eigenvalue weighted by atomic mass is 10.0. The Morgan fingerprint density at radius 1 is 0.800 bits per heavy atom. The summed E-state index contributed by atoms with van der Waals surface area (Å²) in [6, 6.07) is 35.8. The maximum absolute atomic E-state index is 13.9. The first kappa shape index (κ1) is 32.1. The van der Waals surface area contributed by atoms with Crippen molar-refractivity contribution >= 4 is 21.8 Å². The van der Waals surface area contributed by atoms with Crippen LogP contribution in [0, 0.1) is 0 Å². The van der Waals surface area contributed by atoms with E-state index in [2.05, 4.69) is 36.1 Å². The quantitative estimate of drug-likeness (QED) is 0.177. The summed E-state index contributed by atoms with van der Waals surface area (Å²) in [5.41, 5.74) is 2.99. The monoisotopic (exact) mass is 627 g/mol. The van der Waals surface area contributed by atoms with Gasteiger partial charge in [0.1, 0.15) is 12.4 Å². The Hall–Kier alpha value is -4.34. The topological polar surface area (TPSA) is 79.4 Å². The minimum Gasteiger partial charge on any atom is -0.497 e. The SMILES string of the molecule is COc1ccc(S(=O)(=O)N(c2ccccc2)C2CCN(C(=O)OC[C@H](C)N(Cc3ccccc3)Cc3ccccc3)CC2)cc1. The van der Waals surface area contributed by atoms with Crippen molar-refractivity contribution in [2.75, 3.05) is 31.1 Å². The number of benzene rings is 4. The molecule has 1 amide bonds. The molecular weight excluding hydrogens is 586 g/mol. The highest BCUT2D eigenvalue weighted by Crippen LogP contribution is 2.31. The summed E-state index contributed by atoms with van der Waals surface area (Å²) in [4.78, 5) is 17.4. The Bertz CT molecular complexity index is 1550. The number of anilines is 1. The third-order valence-electron chi connectivity index (χ3n) is 8.21. The van der Waals surface area contributed by atoms with Gasteiger partial charge in [0.15, 0.2) is 0 Å². The van der Waals surface area contributed by atoms with E-state index in [0.29, 0.717) is 37.4 Å². The number of methoxy groups -OCH3 is 1. The van der Waals surface area contributed by atoms with Crippen LogP contribution in [0.25, 0.3) is 0 Å². The zero-order chi connectivity index (χ0) is 31.6. The molecule has 1 aliphatic heterocycles. The fourth-order valence-electron chi connectivity index (χ4n) is 5.66. The van der Waals surface area contributed by atoms with Gasteiger partial charge < -0.3 is 14.4 Å². The molecule has 236 valence electrons. The van der Waals surface area contributed by atoms with E-state index >= 15 is 0 Å². The zero-order valence-corrected chi connectivity index (χ0v) is 26.7. The van der Waals surface area contributed by atoms with Gasteiger partial charge in [0, 0.05) is 38.3 Å². The van der Waals surface area contributed by atoms with Gasteiger partial charge in [0.05, 0.1) is 17.7 Å². The first-order valence-electron chi connectivity index (χ1n) is 15.3. The van der Waals surface area contributed by atoms with E-state index in [4.69, 9.17) is 9.47 Å². The number of piperidine rings is 1. The van der Waals surface area contributed by atoms with Crippen LogP contribution in [0.1, 0.15) is 30.9 Å². The van der Waals surface area contributed by atoms with E-state index in [9.17, 15) is 13.2 Å². The lowest BCUT2D eigenvalue weighted by Gasteiger charge is -2.38. The maximum Gasteiger partial charge on any atom is 0.409 e. The third kappa shape index (κ3) is 8.23. The van der Waals surface area contributed by atoms with Crippen molar-refractivity contribution in [1.29, 1.82) is 0 Å². The van der Waals surface area contributed by atoms with Crippen LogP contribution < -0.4 is 9.04 Å². The van der Waals surface area contributed by atoms with Gasteiger partial charge >= 0.3 is 6.09 Å². The summed E-state index contributed by atoms with van der Waals surface area (Å²) in [5, 5.41) is 0. The average molecular weight is 628 g/mol. The lowest BCUT2D eigenvalue weighted by molar-refractivity contribution is 0.0592. The molecule has 8 nitrogen and oxygen atoms in total. The number of nitrogens with zero attached hydrogens (tertiary/aromatic N) is 3. The maximum atomic E-state index is 13.9. The number of sulfonamides is 1. The summed E-state index contributed by atoms with van der Waals surface area (Å²) in [7, 11) is -2.32. The molecule has 1 fully saturated rings. The molecule has 0 aromatic heterocycles. The van der Waals surface area contributed by atoms with Gasteiger partial charge in [-0.15, -0.1) is 0 Å². The second kappa shape index (κ2) is 15.1. The van der Waals surface area contributed by atoms with Crippen molar-refractivity contribution in [1.82, 2.24) is 9.80 Å². The van der Waals surface area contributed by atoms with Crippen LogP contribution in [-0.4, -0.2) is 63.2 Å². The van der Waals surface area contributed by atoms with Gasteiger partial charge in [-0.25, -0.2) is 13.2 Å². The normalized spacial score (nSPS) is 14.6. The molecule has 0 aliphatic carbocycles. The second-order valence-corrected chi connectivity index (χ2v) is 13.1. The number of likely N-dealkylation sites (tertiary alicyclic amines) is 1. The summed E-state index contributed by atoms with van der Waals surface area (Å²) >= 11 is 0. The summed E-state index contributed by atoms with van der Waals surface area (Å²) in [6.45, 7) is 4.59. The number of rotatable bonds is 12. The number of hydrogen-bond acceptors (Lipinski definition) is 6. The van der Waals surface area contributed by atoms with E-state index in [0.717, 1.165) is 13.1 Å². The lowest BCUT2D eigenvalue weighted by Crippen LogP contribution is -2.49. The summed E-state index contributed by atoms with van der Waals surface area (Å²) in [6.07, 6.45) is 0.607. The summed E-state index contributed by atoms with van der Waals surface area (Å²) < 4.78 is 40.4. The van der Waals surface area contributed by atoms with Crippen molar-refractivity contribution in [3.8, 4) is 5.75 Å². The van der Waals surface area contributed by atoms with Crippen LogP contribution in [0.15, 0.2) is 120 Å². The Labute approximate surface area is 266 Å². The molecule has 0 N–H and O–H groups in total. The number of ether oxygens (including phenoxy) is 2.